The number of aryl methyl sites for hydroxylation is 2. The van der Waals surface area contributed by atoms with Crippen molar-refractivity contribution >= 4 is 5.97 Å². The lowest BCUT2D eigenvalue weighted by Crippen LogP contribution is -2.11. The van der Waals surface area contributed by atoms with E-state index in [-0.39, 0.29) is 6.42 Å². The van der Waals surface area contributed by atoms with Crippen LogP contribution in [0.3, 0.4) is 0 Å². The van der Waals surface area contributed by atoms with E-state index < -0.39 is 5.97 Å². The van der Waals surface area contributed by atoms with Crippen molar-refractivity contribution in [2.75, 3.05) is 14.1 Å². The molecular formula is C14H21NO3. The monoisotopic (exact) mass is 251 g/mol. The highest BCUT2D eigenvalue weighted by Crippen LogP contribution is 2.26. The molecule has 4 nitrogen and oxygen atoms in total. The first-order valence-electron chi connectivity index (χ1n) is 6.08. The topological polar surface area (TPSA) is 60.8 Å². The summed E-state index contributed by atoms with van der Waals surface area (Å²) in [5, 5.41) is 18.8. The lowest BCUT2D eigenvalue weighted by Gasteiger charge is -2.15. The van der Waals surface area contributed by atoms with Gasteiger partial charge in [-0.2, -0.15) is 0 Å². The fourth-order valence-electron chi connectivity index (χ4n) is 2.02. The van der Waals surface area contributed by atoms with Gasteiger partial charge in [0.1, 0.15) is 5.75 Å². The Bertz CT molecular complexity index is 427. The van der Waals surface area contributed by atoms with Crippen molar-refractivity contribution in [1.82, 2.24) is 4.90 Å². The summed E-state index contributed by atoms with van der Waals surface area (Å²) >= 11 is 0. The van der Waals surface area contributed by atoms with E-state index in [0.29, 0.717) is 25.1 Å². The average Bonchev–Trinajstić information content (AvgIpc) is 2.23. The number of nitrogens with zero attached hydrogens (tertiary/aromatic N) is 1. The quantitative estimate of drug-likeness (QED) is 0.813. The molecular weight excluding hydrogens is 230 g/mol. The maximum atomic E-state index is 10.5. The Kier molecular flexibility index (Phi) is 5.16. The summed E-state index contributed by atoms with van der Waals surface area (Å²) in [6.07, 6.45) is 1.28. The molecule has 0 aromatic heterocycles. The zero-order chi connectivity index (χ0) is 13.7. The van der Waals surface area contributed by atoms with Gasteiger partial charge in [0, 0.05) is 18.5 Å². The fourth-order valence-corrected chi connectivity index (χ4v) is 2.02. The third kappa shape index (κ3) is 4.37. The van der Waals surface area contributed by atoms with Crippen LogP contribution in [0.15, 0.2) is 12.1 Å². The van der Waals surface area contributed by atoms with E-state index >= 15 is 0 Å². The van der Waals surface area contributed by atoms with Gasteiger partial charge in [-0.25, -0.2) is 0 Å². The second-order valence-corrected chi connectivity index (χ2v) is 4.92. The Morgan fingerprint density at radius 1 is 1.28 bits per heavy atom. The van der Waals surface area contributed by atoms with Gasteiger partial charge in [-0.1, -0.05) is 17.7 Å². The number of phenols is 1. The number of carboxylic acid groups (broad SMARTS) is 1. The summed E-state index contributed by atoms with van der Waals surface area (Å²) < 4.78 is 0. The molecule has 0 saturated carbocycles. The minimum atomic E-state index is -0.796. The highest BCUT2D eigenvalue weighted by molar-refractivity contribution is 5.66. The fraction of sp³-hybridized carbons (Fsp3) is 0.500. The largest absolute Gasteiger partial charge is 0.507 e. The van der Waals surface area contributed by atoms with Gasteiger partial charge in [0.25, 0.3) is 0 Å². The van der Waals surface area contributed by atoms with Crippen molar-refractivity contribution in [1.29, 1.82) is 0 Å². The van der Waals surface area contributed by atoms with E-state index in [1.807, 2.05) is 38.1 Å². The lowest BCUT2D eigenvalue weighted by atomic mass is 10.00. The van der Waals surface area contributed by atoms with Crippen LogP contribution in [0.25, 0.3) is 0 Å². The summed E-state index contributed by atoms with van der Waals surface area (Å²) in [6, 6.07) is 3.90. The van der Waals surface area contributed by atoms with E-state index in [1.165, 1.54) is 0 Å². The first-order valence-corrected chi connectivity index (χ1v) is 6.08. The SMILES string of the molecule is Cc1cc(CCCC(=O)O)c(O)c(CN(C)C)c1. The number of rotatable bonds is 6. The second-order valence-electron chi connectivity index (χ2n) is 4.92. The number of aliphatic carboxylic acids is 1. The van der Waals surface area contributed by atoms with Crippen LogP contribution >= 0.6 is 0 Å². The zero-order valence-electron chi connectivity index (χ0n) is 11.2. The van der Waals surface area contributed by atoms with Crippen molar-refractivity contribution in [3.05, 3.63) is 28.8 Å². The van der Waals surface area contributed by atoms with Crippen LogP contribution in [0.2, 0.25) is 0 Å². The summed E-state index contributed by atoms with van der Waals surface area (Å²) in [4.78, 5) is 12.5. The minimum Gasteiger partial charge on any atom is -0.507 e. The Balaban J connectivity index is 2.83. The first kappa shape index (κ1) is 14.5. The molecule has 0 atom stereocenters. The normalized spacial score (nSPS) is 10.9. The molecule has 0 heterocycles. The van der Waals surface area contributed by atoms with E-state index in [1.54, 1.807) is 0 Å². The second kappa shape index (κ2) is 6.40. The van der Waals surface area contributed by atoms with Gasteiger partial charge in [-0.05, 0) is 39.4 Å². The van der Waals surface area contributed by atoms with E-state index in [4.69, 9.17) is 5.11 Å². The maximum absolute atomic E-state index is 10.5. The molecule has 1 aromatic rings. The van der Waals surface area contributed by atoms with Gasteiger partial charge >= 0.3 is 5.97 Å². The third-order valence-electron chi connectivity index (χ3n) is 2.74. The molecule has 1 rings (SSSR count). The van der Waals surface area contributed by atoms with Crippen LogP contribution in [-0.4, -0.2) is 35.2 Å². The number of hydrogen-bond donors (Lipinski definition) is 2. The van der Waals surface area contributed by atoms with Gasteiger partial charge in [0.2, 0.25) is 0 Å². The number of aromatic hydroxyl groups is 1. The molecule has 0 fully saturated rings. The third-order valence-corrected chi connectivity index (χ3v) is 2.74. The van der Waals surface area contributed by atoms with E-state index in [2.05, 4.69) is 0 Å². The number of phenolic OH excluding ortho intramolecular Hbond substituents is 1. The highest BCUT2D eigenvalue weighted by Gasteiger charge is 2.10. The Morgan fingerprint density at radius 2 is 1.89 bits per heavy atom. The van der Waals surface area contributed by atoms with Crippen molar-refractivity contribution in [3.63, 3.8) is 0 Å². The average molecular weight is 251 g/mol. The number of carboxylic acids is 1. The van der Waals surface area contributed by atoms with Crippen LogP contribution < -0.4 is 0 Å². The molecule has 4 heteroatoms. The van der Waals surface area contributed by atoms with Gasteiger partial charge < -0.3 is 15.1 Å². The smallest absolute Gasteiger partial charge is 0.303 e. The molecule has 0 spiro atoms. The van der Waals surface area contributed by atoms with Crippen LogP contribution in [0.1, 0.15) is 29.5 Å². The molecule has 0 aliphatic rings. The summed E-state index contributed by atoms with van der Waals surface area (Å²) in [5.74, 6) is -0.490. The molecule has 0 saturated heterocycles. The molecule has 0 amide bonds. The molecule has 0 aliphatic heterocycles. The van der Waals surface area contributed by atoms with Crippen LogP contribution in [0.4, 0.5) is 0 Å². The predicted octanol–water partition coefficient (Wildman–Crippen LogP) is 2.17. The van der Waals surface area contributed by atoms with Gasteiger partial charge in [0.15, 0.2) is 0 Å². The van der Waals surface area contributed by atoms with Crippen molar-refractivity contribution in [3.8, 4) is 5.75 Å². The van der Waals surface area contributed by atoms with Crippen molar-refractivity contribution in [2.24, 2.45) is 0 Å². The van der Waals surface area contributed by atoms with Crippen LogP contribution in [0, 0.1) is 6.92 Å². The summed E-state index contributed by atoms with van der Waals surface area (Å²) in [6.45, 7) is 2.67. The van der Waals surface area contributed by atoms with Crippen molar-refractivity contribution in [2.45, 2.75) is 32.7 Å². The minimum absolute atomic E-state index is 0.135. The molecule has 1 aromatic carbocycles. The maximum Gasteiger partial charge on any atom is 0.303 e. The van der Waals surface area contributed by atoms with E-state index in [9.17, 15) is 9.90 Å². The van der Waals surface area contributed by atoms with Crippen LogP contribution in [0.5, 0.6) is 5.75 Å². The van der Waals surface area contributed by atoms with Gasteiger partial charge in [0.05, 0.1) is 0 Å². The molecule has 0 aliphatic carbocycles. The van der Waals surface area contributed by atoms with Gasteiger partial charge in [-0.3, -0.25) is 4.79 Å². The number of benzene rings is 1. The van der Waals surface area contributed by atoms with E-state index in [0.717, 1.165) is 16.7 Å². The Labute approximate surface area is 108 Å². The Morgan fingerprint density at radius 3 is 2.44 bits per heavy atom. The molecule has 0 bridgehead atoms. The van der Waals surface area contributed by atoms with Gasteiger partial charge in [-0.15, -0.1) is 0 Å². The molecule has 100 valence electrons. The summed E-state index contributed by atoms with van der Waals surface area (Å²) in [7, 11) is 3.90. The first-order chi connectivity index (χ1) is 8.40. The lowest BCUT2D eigenvalue weighted by molar-refractivity contribution is -0.137. The number of carbonyl (C=O) groups is 1. The highest BCUT2D eigenvalue weighted by atomic mass is 16.4. The zero-order valence-corrected chi connectivity index (χ0v) is 11.2. The Hall–Kier alpha value is -1.55. The van der Waals surface area contributed by atoms with Crippen LogP contribution in [-0.2, 0) is 17.8 Å². The molecule has 0 radical (unpaired) electrons. The number of hydrogen-bond acceptors (Lipinski definition) is 3. The molecule has 18 heavy (non-hydrogen) atoms. The summed E-state index contributed by atoms with van der Waals surface area (Å²) in [5.41, 5.74) is 2.83. The molecule has 0 unspecified atom stereocenters. The predicted molar refractivity (Wildman–Crippen MR) is 70.8 cm³/mol. The van der Waals surface area contributed by atoms with Crippen molar-refractivity contribution < 1.29 is 15.0 Å². The standard InChI is InChI=1S/C14H21NO3/c1-10-7-11(5-4-6-13(16)17)14(18)12(8-10)9-15(2)3/h7-8,18H,4-6,9H2,1-3H3,(H,16,17). The molecule has 2 N–H and O–H groups in total.